The fourth-order valence-electron chi connectivity index (χ4n) is 2.50. The van der Waals surface area contributed by atoms with Crippen molar-refractivity contribution in [1.82, 2.24) is 20.8 Å². The van der Waals surface area contributed by atoms with Gasteiger partial charge in [0.25, 0.3) is 0 Å². The second-order valence-electron chi connectivity index (χ2n) is 5.99. The monoisotopic (exact) mass is 383 g/mol. The maximum Gasteiger partial charge on any atom is 0.246 e. The first-order chi connectivity index (χ1) is 13.2. The molecule has 0 aliphatic heterocycles. The van der Waals surface area contributed by atoms with Crippen molar-refractivity contribution in [2.45, 2.75) is 26.9 Å². The average molecular weight is 384 g/mol. The van der Waals surface area contributed by atoms with Crippen LogP contribution in [0.5, 0.6) is 0 Å². The summed E-state index contributed by atoms with van der Waals surface area (Å²) in [5, 5.41) is 11.1. The van der Waals surface area contributed by atoms with E-state index in [0.717, 1.165) is 12.1 Å². The van der Waals surface area contributed by atoms with Crippen molar-refractivity contribution in [1.29, 1.82) is 0 Å². The molecule has 0 radical (unpaired) electrons. The van der Waals surface area contributed by atoms with E-state index in [4.69, 9.17) is 16.1 Å². The second-order valence-corrected chi connectivity index (χ2v) is 6.43. The Morgan fingerprint density at radius 3 is 2.63 bits per heavy atom. The summed E-state index contributed by atoms with van der Waals surface area (Å²) in [6, 6.07) is 15.5. The molecule has 27 heavy (non-hydrogen) atoms. The normalized spacial score (nSPS) is 11.4. The van der Waals surface area contributed by atoms with Crippen molar-refractivity contribution in [2.75, 3.05) is 6.54 Å². The molecule has 2 aromatic carbocycles. The van der Waals surface area contributed by atoms with E-state index in [2.05, 4.69) is 44.8 Å². The highest BCUT2D eigenvalue weighted by atomic mass is 35.5. The standard InChI is InChI=1S/C20H22ClN5O/c1-3-22-20(23-12-16-7-5-4-6-14(16)2)24-13-18-25-19(26-27-18)15-8-10-17(21)11-9-15/h4-11H,3,12-13H2,1-2H3,(H2,22,23,24). The Labute approximate surface area is 163 Å². The fraction of sp³-hybridized carbons (Fsp3) is 0.250. The predicted octanol–water partition coefficient (Wildman–Crippen LogP) is 3.95. The van der Waals surface area contributed by atoms with Crippen LogP contribution in [-0.4, -0.2) is 22.6 Å². The summed E-state index contributed by atoms with van der Waals surface area (Å²) in [6.45, 7) is 5.86. The van der Waals surface area contributed by atoms with Gasteiger partial charge in [0, 0.05) is 17.1 Å². The molecular formula is C20H22ClN5O. The largest absolute Gasteiger partial charge is 0.357 e. The number of hydrogen-bond acceptors (Lipinski definition) is 4. The summed E-state index contributed by atoms with van der Waals surface area (Å²) in [5.74, 6) is 1.72. The zero-order valence-electron chi connectivity index (χ0n) is 15.4. The molecule has 0 unspecified atom stereocenters. The summed E-state index contributed by atoms with van der Waals surface area (Å²) in [7, 11) is 0. The number of guanidine groups is 1. The minimum atomic E-state index is 0.389. The lowest BCUT2D eigenvalue weighted by Gasteiger charge is -2.10. The molecule has 0 spiro atoms. The molecule has 0 saturated heterocycles. The molecule has 7 heteroatoms. The van der Waals surface area contributed by atoms with Crippen LogP contribution in [0, 0.1) is 6.92 Å². The van der Waals surface area contributed by atoms with Gasteiger partial charge < -0.3 is 15.2 Å². The van der Waals surface area contributed by atoms with Crippen LogP contribution in [0.15, 0.2) is 58.0 Å². The van der Waals surface area contributed by atoms with E-state index < -0.39 is 0 Å². The highest BCUT2D eigenvalue weighted by Gasteiger charge is 2.09. The van der Waals surface area contributed by atoms with Gasteiger partial charge in [0.05, 0.1) is 13.1 Å². The number of hydrogen-bond donors (Lipinski definition) is 2. The molecule has 3 rings (SSSR count). The molecular weight excluding hydrogens is 362 g/mol. The topological polar surface area (TPSA) is 75.3 Å². The number of nitrogens with zero attached hydrogens (tertiary/aromatic N) is 3. The van der Waals surface area contributed by atoms with Crippen LogP contribution in [0.3, 0.4) is 0 Å². The summed E-state index contributed by atoms with van der Waals surface area (Å²) in [4.78, 5) is 9.03. The Bertz CT molecular complexity index is 905. The summed E-state index contributed by atoms with van der Waals surface area (Å²) in [5.41, 5.74) is 3.27. The first kappa shape index (κ1) is 18.9. The number of aromatic nitrogens is 2. The van der Waals surface area contributed by atoms with Gasteiger partial charge in [0.1, 0.15) is 0 Å². The van der Waals surface area contributed by atoms with Gasteiger partial charge in [-0.25, -0.2) is 4.99 Å². The maximum absolute atomic E-state index is 5.91. The maximum atomic E-state index is 5.91. The van der Waals surface area contributed by atoms with Gasteiger partial charge >= 0.3 is 0 Å². The number of aliphatic imine (C=N–C) groups is 1. The van der Waals surface area contributed by atoms with Gasteiger partial charge in [-0.2, -0.15) is 4.98 Å². The predicted molar refractivity (Wildman–Crippen MR) is 108 cm³/mol. The molecule has 140 valence electrons. The summed E-state index contributed by atoms with van der Waals surface area (Å²) in [6.07, 6.45) is 0. The Hall–Kier alpha value is -2.86. The van der Waals surface area contributed by atoms with E-state index in [-0.39, 0.29) is 0 Å². The molecule has 2 N–H and O–H groups in total. The van der Waals surface area contributed by atoms with Gasteiger partial charge in [0.2, 0.25) is 11.7 Å². The van der Waals surface area contributed by atoms with E-state index in [1.165, 1.54) is 11.1 Å². The minimum absolute atomic E-state index is 0.389. The Morgan fingerprint density at radius 1 is 1.11 bits per heavy atom. The summed E-state index contributed by atoms with van der Waals surface area (Å²) < 4.78 is 5.32. The molecule has 0 amide bonds. The molecule has 1 heterocycles. The minimum Gasteiger partial charge on any atom is -0.357 e. The SMILES string of the molecule is CCNC(=NCc1ccccc1C)NCc1nc(-c2ccc(Cl)cc2)no1. The van der Waals surface area contributed by atoms with Crippen molar-refractivity contribution in [3.05, 3.63) is 70.6 Å². The number of aryl methyl sites for hydroxylation is 1. The van der Waals surface area contributed by atoms with Crippen LogP contribution in [0.4, 0.5) is 0 Å². The van der Waals surface area contributed by atoms with E-state index >= 15 is 0 Å². The van der Waals surface area contributed by atoms with Crippen molar-refractivity contribution >= 4 is 17.6 Å². The van der Waals surface area contributed by atoms with Gasteiger partial charge in [-0.15, -0.1) is 0 Å². The first-order valence-electron chi connectivity index (χ1n) is 8.81. The van der Waals surface area contributed by atoms with E-state index in [0.29, 0.717) is 35.8 Å². The molecule has 0 fully saturated rings. The molecule has 0 bridgehead atoms. The lowest BCUT2D eigenvalue weighted by Crippen LogP contribution is -2.36. The van der Waals surface area contributed by atoms with Crippen LogP contribution >= 0.6 is 11.6 Å². The van der Waals surface area contributed by atoms with Crippen molar-refractivity contribution < 1.29 is 4.52 Å². The van der Waals surface area contributed by atoms with Crippen LogP contribution in [0.2, 0.25) is 5.02 Å². The Balaban J connectivity index is 1.63. The average Bonchev–Trinajstić information content (AvgIpc) is 3.15. The quantitative estimate of drug-likeness (QED) is 0.498. The zero-order chi connectivity index (χ0) is 19.1. The van der Waals surface area contributed by atoms with Crippen LogP contribution in [0.1, 0.15) is 23.9 Å². The molecule has 1 aromatic heterocycles. The highest BCUT2D eigenvalue weighted by Crippen LogP contribution is 2.18. The second kappa shape index (κ2) is 9.19. The van der Waals surface area contributed by atoms with E-state index in [9.17, 15) is 0 Å². The van der Waals surface area contributed by atoms with Crippen LogP contribution in [0.25, 0.3) is 11.4 Å². The van der Waals surface area contributed by atoms with E-state index in [1.807, 2.05) is 31.2 Å². The smallest absolute Gasteiger partial charge is 0.246 e. The Kier molecular flexibility index (Phi) is 6.44. The third-order valence-corrected chi connectivity index (χ3v) is 4.24. The van der Waals surface area contributed by atoms with Crippen LogP contribution in [-0.2, 0) is 13.1 Å². The zero-order valence-corrected chi connectivity index (χ0v) is 16.1. The van der Waals surface area contributed by atoms with Crippen molar-refractivity contribution in [2.24, 2.45) is 4.99 Å². The van der Waals surface area contributed by atoms with Gasteiger partial charge in [-0.1, -0.05) is 41.0 Å². The van der Waals surface area contributed by atoms with Gasteiger partial charge in [-0.3, -0.25) is 0 Å². The first-order valence-corrected chi connectivity index (χ1v) is 9.18. The molecule has 0 aliphatic rings. The molecule has 0 atom stereocenters. The lowest BCUT2D eigenvalue weighted by molar-refractivity contribution is 0.375. The van der Waals surface area contributed by atoms with Gasteiger partial charge in [-0.05, 0) is 49.2 Å². The van der Waals surface area contributed by atoms with Crippen molar-refractivity contribution in [3.63, 3.8) is 0 Å². The molecule has 6 nitrogen and oxygen atoms in total. The third kappa shape index (κ3) is 5.31. The number of rotatable bonds is 6. The third-order valence-electron chi connectivity index (χ3n) is 3.99. The molecule has 0 aliphatic carbocycles. The highest BCUT2D eigenvalue weighted by molar-refractivity contribution is 6.30. The van der Waals surface area contributed by atoms with Crippen molar-refractivity contribution in [3.8, 4) is 11.4 Å². The lowest BCUT2D eigenvalue weighted by atomic mass is 10.1. The van der Waals surface area contributed by atoms with E-state index in [1.54, 1.807) is 12.1 Å². The Morgan fingerprint density at radius 2 is 1.89 bits per heavy atom. The van der Waals surface area contributed by atoms with Crippen LogP contribution < -0.4 is 10.6 Å². The fourth-order valence-corrected chi connectivity index (χ4v) is 2.62. The molecule has 3 aromatic rings. The van der Waals surface area contributed by atoms with Gasteiger partial charge in [0.15, 0.2) is 5.96 Å². The number of nitrogens with one attached hydrogen (secondary N) is 2. The number of benzene rings is 2. The number of halogens is 1. The molecule has 0 saturated carbocycles. The summed E-state index contributed by atoms with van der Waals surface area (Å²) >= 11 is 5.91.